The lowest BCUT2D eigenvalue weighted by Gasteiger charge is -2.11. The van der Waals surface area contributed by atoms with Crippen molar-refractivity contribution >= 4 is 38.9 Å². The van der Waals surface area contributed by atoms with Crippen molar-refractivity contribution in [3.8, 4) is 5.88 Å². The van der Waals surface area contributed by atoms with Crippen molar-refractivity contribution in [2.24, 2.45) is 0 Å². The maximum absolute atomic E-state index is 12.2. The predicted octanol–water partition coefficient (Wildman–Crippen LogP) is 3.20. The molecule has 0 amide bonds. The van der Waals surface area contributed by atoms with Crippen LogP contribution in [-0.2, 0) is 10.0 Å². The van der Waals surface area contributed by atoms with E-state index in [0.717, 1.165) is 0 Å². The van der Waals surface area contributed by atoms with Crippen LogP contribution in [0.4, 0.5) is 5.69 Å². The Hall–Kier alpha value is -1.50. The van der Waals surface area contributed by atoms with Gasteiger partial charge in [-0.25, -0.2) is 13.4 Å². The molecule has 106 valence electrons. The molecule has 0 fully saturated rings. The zero-order valence-electron chi connectivity index (χ0n) is 10.3. The van der Waals surface area contributed by atoms with E-state index in [4.69, 9.17) is 27.9 Å². The number of benzene rings is 1. The largest absolute Gasteiger partial charge is 0.480 e. The number of aromatic nitrogens is 1. The second-order valence-electron chi connectivity index (χ2n) is 3.74. The molecule has 0 aliphatic carbocycles. The van der Waals surface area contributed by atoms with Crippen LogP contribution in [0, 0.1) is 0 Å². The Balaban J connectivity index is 2.38. The van der Waals surface area contributed by atoms with E-state index in [2.05, 4.69) is 9.71 Å². The van der Waals surface area contributed by atoms with Crippen molar-refractivity contribution in [2.45, 2.75) is 4.90 Å². The number of ether oxygens (including phenoxy) is 1. The molecule has 0 spiro atoms. The summed E-state index contributed by atoms with van der Waals surface area (Å²) in [6, 6.07) is 7.18. The molecule has 1 aromatic heterocycles. The highest BCUT2D eigenvalue weighted by atomic mass is 35.5. The van der Waals surface area contributed by atoms with Crippen LogP contribution in [0.15, 0.2) is 41.4 Å². The van der Waals surface area contributed by atoms with Gasteiger partial charge in [-0.3, -0.25) is 4.72 Å². The van der Waals surface area contributed by atoms with Gasteiger partial charge in [-0.05, 0) is 30.3 Å². The molecule has 0 unspecified atom stereocenters. The van der Waals surface area contributed by atoms with Gasteiger partial charge in [-0.15, -0.1) is 0 Å². The van der Waals surface area contributed by atoms with Crippen LogP contribution in [0.5, 0.6) is 5.88 Å². The number of pyridine rings is 1. The number of anilines is 1. The summed E-state index contributed by atoms with van der Waals surface area (Å²) in [6.07, 6.45) is 1.50. The van der Waals surface area contributed by atoms with Crippen molar-refractivity contribution in [3.05, 3.63) is 46.6 Å². The van der Waals surface area contributed by atoms with E-state index in [9.17, 15) is 8.42 Å². The second kappa shape index (κ2) is 5.87. The third-order valence-electron chi connectivity index (χ3n) is 2.41. The first-order valence-electron chi connectivity index (χ1n) is 5.41. The van der Waals surface area contributed by atoms with E-state index >= 15 is 0 Å². The minimum atomic E-state index is -3.80. The number of nitrogens with zero attached hydrogens (tertiary/aromatic N) is 1. The van der Waals surface area contributed by atoms with E-state index in [1.54, 1.807) is 12.1 Å². The summed E-state index contributed by atoms with van der Waals surface area (Å²) in [7, 11) is -2.40. The standard InChI is InChI=1S/C12H10Cl2N2O3S/c1-19-12-11(3-2-6-15-12)16-20(17,18)8-4-5-9(13)10(14)7-8/h2-7,16H,1H3. The zero-order chi connectivity index (χ0) is 14.8. The summed E-state index contributed by atoms with van der Waals surface area (Å²) >= 11 is 11.6. The number of nitrogens with one attached hydrogen (secondary N) is 1. The van der Waals surface area contributed by atoms with Gasteiger partial charge in [-0.1, -0.05) is 23.2 Å². The topological polar surface area (TPSA) is 68.3 Å². The third kappa shape index (κ3) is 3.15. The molecule has 0 aliphatic rings. The fraction of sp³-hybridized carbons (Fsp3) is 0.0833. The Labute approximate surface area is 126 Å². The summed E-state index contributed by atoms with van der Waals surface area (Å²) < 4.78 is 31.8. The molecule has 8 heteroatoms. The smallest absolute Gasteiger partial charge is 0.262 e. The van der Waals surface area contributed by atoms with Gasteiger partial charge < -0.3 is 4.74 Å². The fourth-order valence-electron chi connectivity index (χ4n) is 1.48. The van der Waals surface area contributed by atoms with Gasteiger partial charge in [0.15, 0.2) is 0 Å². The molecule has 5 nitrogen and oxygen atoms in total. The van der Waals surface area contributed by atoms with Crippen molar-refractivity contribution in [1.29, 1.82) is 0 Å². The molecule has 2 aromatic rings. The molecular formula is C12H10Cl2N2O3S. The number of hydrogen-bond donors (Lipinski definition) is 1. The summed E-state index contributed by atoms with van der Waals surface area (Å²) in [5, 5.41) is 0.442. The normalized spacial score (nSPS) is 11.2. The van der Waals surface area contributed by atoms with Crippen molar-refractivity contribution in [2.75, 3.05) is 11.8 Å². The lowest BCUT2D eigenvalue weighted by Crippen LogP contribution is -2.14. The molecule has 0 radical (unpaired) electrons. The number of halogens is 2. The van der Waals surface area contributed by atoms with Gasteiger partial charge >= 0.3 is 0 Å². The molecule has 2 rings (SSSR count). The van der Waals surface area contributed by atoms with E-state index in [1.165, 1.54) is 31.5 Å². The Morgan fingerprint density at radius 2 is 1.95 bits per heavy atom. The van der Waals surface area contributed by atoms with Crippen LogP contribution in [0.2, 0.25) is 10.0 Å². The van der Waals surface area contributed by atoms with E-state index in [1.807, 2.05) is 0 Å². The van der Waals surface area contributed by atoms with Crippen molar-refractivity contribution in [1.82, 2.24) is 4.98 Å². The van der Waals surface area contributed by atoms with Gasteiger partial charge in [0.1, 0.15) is 5.69 Å². The van der Waals surface area contributed by atoms with Crippen LogP contribution in [0.25, 0.3) is 0 Å². The molecule has 1 heterocycles. The molecule has 0 saturated heterocycles. The minimum absolute atomic E-state index is 0.00203. The highest BCUT2D eigenvalue weighted by Crippen LogP contribution is 2.27. The number of methoxy groups -OCH3 is 1. The maximum atomic E-state index is 12.2. The van der Waals surface area contributed by atoms with Crippen molar-refractivity contribution in [3.63, 3.8) is 0 Å². The molecular weight excluding hydrogens is 323 g/mol. The van der Waals surface area contributed by atoms with Crippen LogP contribution in [0.1, 0.15) is 0 Å². The molecule has 0 aliphatic heterocycles. The fourth-order valence-corrected chi connectivity index (χ4v) is 2.92. The average molecular weight is 333 g/mol. The Kier molecular flexibility index (Phi) is 4.37. The van der Waals surface area contributed by atoms with Gasteiger partial charge in [0.25, 0.3) is 10.0 Å². The molecule has 0 bridgehead atoms. The van der Waals surface area contributed by atoms with E-state index in [0.29, 0.717) is 0 Å². The van der Waals surface area contributed by atoms with Crippen LogP contribution >= 0.6 is 23.2 Å². The van der Waals surface area contributed by atoms with Crippen LogP contribution < -0.4 is 9.46 Å². The average Bonchev–Trinajstić information content (AvgIpc) is 2.42. The van der Waals surface area contributed by atoms with Gasteiger partial charge in [0.05, 0.1) is 22.1 Å². The van der Waals surface area contributed by atoms with E-state index < -0.39 is 10.0 Å². The van der Waals surface area contributed by atoms with Gasteiger partial charge in [0, 0.05) is 6.20 Å². The Bertz CT molecular complexity index is 735. The summed E-state index contributed by atoms with van der Waals surface area (Å²) in [6.45, 7) is 0. The Morgan fingerprint density at radius 1 is 1.20 bits per heavy atom. The molecule has 0 saturated carbocycles. The van der Waals surface area contributed by atoms with Gasteiger partial charge in [-0.2, -0.15) is 0 Å². The number of sulfonamides is 1. The van der Waals surface area contributed by atoms with Gasteiger partial charge in [0.2, 0.25) is 5.88 Å². The first kappa shape index (κ1) is 14.9. The lowest BCUT2D eigenvalue weighted by atomic mass is 10.4. The quantitative estimate of drug-likeness (QED) is 0.933. The number of hydrogen-bond acceptors (Lipinski definition) is 4. The second-order valence-corrected chi connectivity index (χ2v) is 6.24. The molecule has 1 aromatic carbocycles. The molecule has 0 atom stereocenters. The van der Waals surface area contributed by atoms with E-state index in [-0.39, 0.29) is 26.5 Å². The molecule has 1 N–H and O–H groups in total. The summed E-state index contributed by atoms with van der Waals surface area (Å²) in [4.78, 5) is 3.91. The first-order valence-corrected chi connectivity index (χ1v) is 7.65. The summed E-state index contributed by atoms with van der Waals surface area (Å²) in [5.74, 6) is 0.177. The van der Waals surface area contributed by atoms with Crippen molar-refractivity contribution < 1.29 is 13.2 Å². The molecule has 20 heavy (non-hydrogen) atoms. The third-order valence-corrected chi connectivity index (χ3v) is 4.51. The SMILES string of the molecule is COc1ncccc1NS(=O)(=O)c1ccc(Cl)c(Cl)c1. The highest BCUT2D eigenvalue weighted by molar-refractivity contribution is 7.92. The highest BCUT2D eigenvalue weighted by Gasteiger charge is 2.18. The van der Waals surface area contributed by atoms with Crippen LogP contribution in [-0.4, -0.2) is 20.5 Å². The number of rotatable bonds is 4. The van der Waals surface area contributed by atoms with Crippen LogP contribution in [0.3, 0.4) is 0 Å². The monoisotopic (exact) mass is 332 g/mol. The minimum Gasteiger partial charge on any atom is -0.480 e. The lowest BCUT2D eigenvalue weighted by molar-refractivity contribution is 0.400. The summed E-state index contributed by atoms with van der Waals surface area (Å²) in [5.41, 5.74) is 0.237. The Morgan fingerprint density at radius 3 is 2.60 bits per heavy atom. The maximum Gasteiger partial charge on any atom is 0.262 e. The first-order chi connectivity index (χ1) is 9.44. The zero-order valence-corrected chi connectivity index (χ0v) is 12.6. The predicted molar refractivity (Wildman–Crippen MR) is 78.1 cm³/mol.